The van der Waals surface area contributed by atoms with Gasteiger partial charge in [-0.25, -0.2) is 9.67 Å². The molecule has 10 heteroatoms. The SMILES string of the molecule is O=C(NCc1cn(-c2ccc(-n3ccccc3=O)cn2)nn1)c1ccc(Cl)s1. The number of rotatable bonds is 5. The Bertz CT molecular complexity index is 1180. The van der Waals surface area contributed by atoms with E-state index < -0.39 is 0 Å². The molecule has 4 heterocycles. The van der Waals surface area contributed by atoms with E-state index in [0.717, 1.165) is 0 Å². The maximum atomic E-state index is 12.1. The first-order valence-electron chi connectivity index (χ1n) is 8.19. The molecular weight excluding hydrogens is 400 g/mol. The number of aromatic nitrogens is 5. The van der Waals surface area contributed by atoms with Crippen LogP contribution >= 0.6 is 22.9 Å². The van der Waals surface area contributed by atoms with Crippen molar-refractivity contribution in [2.45, 2.75) is 6.54 Å². The Morgan fingerprint density at radius 2 is 2.07 bits per heavy atom. The van der Waals surface area contributed by atoms with Crippen molar-refractivity contribution in [2.75, 3.05) is 0 Å². The van der Waals surface area contributed by atoms with Crippen LogP contribution in [0.5, 0.6) is 0 Å². The van der Waals surface area contributed by atoms with Gasteiger partial charge in [0, 0.05) is 12.3 Å². The molecule has 8 nitrogen and oxygen atoms in total. The van der Waals surface area contributed by atoms with Crippen molar-refractivity contribution in [3.05, 3.63) is 86.3 Å². The minimum absolute atomic E-state index is 0.136. The molecule has 0 aromatic carbocycles. The van der Waals surface area contributed by atoms with Gasteiger partial charge in [-0.15, -0.1) is 16.4 Å². The topological polar surface area (TPSA) is 94.7 Å². The molecule has 4 aromatic heterocycles. The Morgan fingerprint density at radius 1 is 1.18 bits per heavy atom. The summed E-state index contributed by atoms with van der Waals surface area (Å²) in [5, 5.41) is 10.8. The lowest BCUT2D eigenvalue weighted by Gasteiger charge is -2.05. The van der Waals surface area contributed by atoms with Gasteiger partial charge in [-0.2, -0.15) is 0 Å². The van der Waals surface area contributed by atoms with E-state index in [-0.39, 0.29) is 18.0 Å². The number of nitrogens with one attached hydrogen (secondary N) is 1. The number of carbonyl (C=O) groups is 1. The Hall–Kier alpha value is -3.30. The zero-order valence-electron chi connectivity index (χ0n) is 14.3. The molecule has 28 heavy (non-hydrogen) atoms. The van der Waals surface area contributed by atoms with Gasteiger partial charge in [-0.3, -0.25) is 14.2 Å². The van der Waals surface area contributed by atoms with Crippen molar-refractivity contribution >= 4 is 28.8 Å². The van der Waals surface area contributed by atoms with E-state index in [2.05, 4.69) is 20.6 Å². The van der Waals surface area contributed by atoms with Crippen LogP contribution in [0.3, 0.4) is 0 Å². The summed E-state index contributed by atoms with van der Waals surface area (Å²) in [4.78, 5) is 28.8. The van der Waals surface area contributed by atoms with Crippen molar-refractivity contribution in [1.82, 2.24) is 29.9 Å². The van der Waals surface area contributed by atoms with E-state index in [0.29, 0.717) is 26.4 Å². The van der Waals surface area contributed by atoms with Gasteiger partial charge < -0.3 is 5.32 Å². The van der Waals surface area contributed by atoms with Gasteiger partial charge in [-0.1, -0.05) is 22.9 Å². The van der Waals surface area contributed by atoms with Crippen LogP contribution in [0, 0.1) is 0 Å². The first kappa shape index (κ1) is 18.1. The lowest BCUT2D eigenvalue weighted by Crippen LogP contribution is -2.21. The van der Waals surface area contributed by atoms with E-state index in [4.69, 9.17) is 11.6 Å². The second kappa shape index (κ2) is 7.75. The Kier molecular flexibility index (Phi) is 5.00. The van der Waals surface area contributed by atoms with Crippen molar-refractivity contribution < 1.29 is 4.79 Å². The zero-order chi connectivity index (χ0) is 19.5. The quantitative estimate of drug-likeness (QED) is 0.543. The summed E-state index contributed by atoms with van der Waals surface area (Å²) in [7, 11) is 0. The minimum atomic E-state index is -0.220. The number of amides is 1. The smallest absolute Gasteiger partial charge is 0.261 e. The van der Waals surface area contributed by atoms with Gasteiger partial charge in [0.05, 0.1) is 33.8 Å². The van der Waals surface area contributed by atoms with Crippen LogP contribution in [-0.2, 0) is 6.54 Å². The highest BCUT2D eigenvalue weighted by Gasteiger charge is 2.10. The molecular formula is C18H13ClN6O2S. The molecule has 0 radical (unpaired) electrons. The number of hydrogen-bond donors (Lipinski definition) is 1. The predicted molar refractivity (Wildman–Crippen MR) is 105 cm³/mol. The maximum Gasteiger partial charge on any atom is 0.261 e. The van der Waals surface area contributed by atoms with Crippen LogP contribution in [0.4, 0.5) is 0 Å². The van der Waals surface area contributed by atoms with Gasteiger partial charge in [0.1, 0.15) is 5.69 Å². The molecule has 1 N–H and O–H groups in total. The fraction of sp³-hybridized carbons (Fsp3) is 0.0556. The average molecular weight is 413 g/mol. The van der Waals surface area contributed by atoms with Crippen LogP contribution in [0.1, 0.15) is 15.4 Å². The molecule has 0 saturated carbocycles. The molecule has 0 atom stereocenters. The van der Waals surface area contributed by atoms with E-state index in [1.54, 1.807) is 55.0 Å². The molecule has 0 aliphatic heterocycles. The standard InChI is InChI=1S/C18H13ClN6O2S/c19-15-6-5-14(28-15)18(27)21-9-12-11-25(23-22-12)16-7-4-13(10-20-16)24-8-2-1-3-17(24)26/h1-8,10-11H,9H2,(H,21,27). The van der Waals surface area contributed by atoms with Crippen LogP contribution in [0.2, 0.25) is 4.34 Å². The zero-order valence-corrected chi connectivity index (χ0v) is 15.9. The van der Waals surface area contributed by atoms with Gasteiger partial charge in [0.25, 0.3) is 11.5 Å². The molecule has 0 fully saturated rings. The highest BCUT2D eigenvalue weighted by Crippen LogP contribution is 2.21. The number of carbonyl (C=O) groups excluding carboxylic acids is 1. The van der Waals surface area contributed by atoms with E-state index in [1.807, 2.05) is 0 Å². The van der Waals surface area contributed by atoms with Crippen LogP contribution in [0.25, 0.3) is 11.5 Å². The highest BCUT2D eigenvalue weighted by molar-refractivity contribution is 7.17. The molecule has 1 amide bonds. The Labute approximate surface area is 168 Å². The highest BCUT2D eigenvalue weighted by atomic mass is 35.5. The summed E-state index contributed by atoms with van der Waals surface area (Å²) in [5.41, 5.74) is 1.10. The molecule has 140 valence electrons. The third-order valence-electron chi connectivity index (χ3n) is 3.84. The van der Waals surface area contributed by atoms with E-state index >= 15 is 0 Å². The largest absolute Gasteiger partial charge is 0.346 e. The molecule has 0 saturated heterocycles. The minimum Gasteiger partial charge on any atom is -0.346 e. The fourth-order valence-corrected chi connectivity index (χ4v) is 3.44. The second-order valence-electron chi connectivity index (χ2n) is 5.72. The predicted octanol–water partition coefficient (Wildman–Crippen LogP) is 2.46. The Morgan fingerprint density at radius 3 is 2.79 bits per heavy atom. The molecule has 0 aliphatic carbocycles. The second-order valence-corrected chi connectivity index (χ2v) is 7.44. The summed E-state index contributed by atoms with van der Waals surface area (Å²) in [6.45, 7) is 0.228. The van der Waals surface area contributed by atoms with Gasteiger partial charge >= 0.3 is 0 Å². The first-order valence-corrected chi connectivity index (χ1v) is 9.39. The maximum absolute atomic E-state index is 12.1. The summed E-state index contributed by atoms with van der Waals surface area (Å²) < 4.78 is 3.56. The molecule has 0 unspecified atom stereocenters. The van der Waals surface area contributed by atoms with Crippen LogP contribution in [0.15, 0.2) is 65.8 Å². The molecule has 0 bridgehead atoms. The van der Waals surface area contributed by atoms with Crippen molar-refractivity contribution in [2.24, 2.45) is 0 Å². The normalized spacial score (nSPS) is 10.8. The van der Waals surface area contributed by atoms with Crippen molar-refractivity contribution in [3.63, 3.8) is 0 Å². The summed E-state index contributed by atoms with van der Waals surface area (Å²) >= 11 is 7.05. The average Bonchev–Trinajstić information content (AvgIpc) is 3.36. The van der Waals surface area contributed by atoms with Crippen LogP contribution < -0.4 is 10.9 Å². The Balaban J connectivity index is 1.45. The number of thiophene rings is 1. The third-order valence-corrected chi connectivity index (χ3v) is 5.07. The lowest BCUT2D eigenvalue weighted by molar-refractivity contribution is 0.0954. The number of halogens is 1. The van der Waals surface area contributed by atoms with E-state index in [9.17, 15) is 9.59 Å². The fourth-order valence-electron chi connectivity index (χ4n) is 2.48. The van der Waals surface area contributed by atoms with E-state index in [1.165, 1.54) is 26.7 Å². The lowest BCUT2D eigenvalue weighted by atomic mass is 10.3. The van der Waals surface area contributed by atoms with Crippen molar-refractivity contribution in [1.29, 1.82) is 0 Å². The van der Waals surface area contributed by atoms with Gasteiger partial charge in [-0.05, 0) is 30.3 Å². The molecule has 4 rings (SSSR count). The summed E-state index contributed by atoms with van der Waals surface area (Å²) in [6, 6.07) is 11.8. The van der Waals surface area contributed by atoms with Gasteiger partial charge in [0.15, 0.2) is 5.82 Å². The number of pyridine rings is 2. The summed E-state index contributed by atoms with van der Waals surface area (Å²) in [6.07, 6.45) is 4.94. The first-order chi connectivity index (χ1) is 13.6. The monoisotopic (exact) mass is 412 g/mol. The van der Waals surface area contributed by atoms with Crippen molar-refractivity contribution in [3.8, 4) is 11.5 Å². The summed E-state index contributed by atoms with van der Waals surface area (Å²) in [5.74, 6) is 0.324. The molecule has 4 aromatic rings. The van der Waals surface area contributed by atoms with Gasteiger partial charge in [0.2, 0.25) is 0 Å². The molecule has 0 aliphatic rings. The van der Waals surface area contributed by atoms with Crippen LogP contribution in [-0.4, -0.2) is 30.5 Å². The third kappa shape index (κ3) is 3.85. The number of hydrogen-bond acceptors (Lipinski definition) is 6. The molecule has 0 spiro atoms. The number of nitrogens with zero attached hydrogens (tertiary/aromatic N) is 5.